The monoisotopic (exact) mass is 346 g/mol. The molecule has 4 nitrogen and oxygen atoms in total. The lowest BCUT2D eigenvalue weighted by Crippen LogP contribution is -2.11. The quantitative estimate of drug-likeness (QED) is 0.354. The number of halogens is 4. The Morgan fingerprint density at radius 2 is 2.00 bits per heavy atom. The zero-order chi connectivity index (χ0) is 15.5. The van der Waals surface area contributed by atoms with E-state index in [1.807, 2.05) is 6.92 Å². The Bertz CT molecular complexity index is 632. The topological polar surface area (TPSA) is 60.4 Å². The summed E-state index contributed by atoms with van der Waals surface area (Å²) < 4.78 is 53.9. The van der Waals surface area contributed by atoms with Gasteiger partial charge < -0.3 is 4.74 Å². The van der Waals surface area contributed by atoms with E-state index < -0.39 is 42.1 Å². The molecule has 0 saturated heterocycles. The molecule has 1 aromatic carbocycles. The third-order valence-corrected chi connectivity index (χ3v) is 4.15. The van der Waals surface area contributed by atoms with Crippen molar-refractivity contribution in [1.82, 2.24) is 0 Å². The summed E-state index contributed by atoms with van der Waals surface area (Å²) in [7, 11) is 0.323. The molecule has 0 N–H and O–H groups in total. The molecule has 0 unspecified atom stereocenters. The van der Waals surface area contributed by atoms with Crippen LogP contribution in [0.1, 0.15) is 30.1 Å². The number of esters is 1. The summed E-state index contributed by atoms with van der Waals surface area (Å²) in [6, 6.07) is 0.470. The van der Waals surface area contributed by atoms with E-state index >= 15 is 0 Å². The lowest BCUT2D eigenvalue weighted by Gasteiger charge is -2.09. The van der Waals surface area contributed by atoms with Crippen molar-refractivity contribution in [1.29, 1.82) is 0 Å². The molecule has 20 heavy (non-hydrogen) atoms. The van der Waals surface area contributed by atoms with Crippen LogP contribution in [0.5, 0.6) is 0 Å². The third-order valence-electron chi connectivity index (χ3n) is 2.31. The van der Waals surface area contributed by atoms with Crippen molar-refractivity contribution < 1.29 is 26.7 Å². The van der Waals surface area contributed by atoms with Gasteiger partial charge in [0.05, 0.1) is 17.2 Å². The van der Waals surface area contributed by atoms with Gasteiger partial charge in [-0.2, -0.15) is 0 Å². The van der Waals surface area contributed by atoms with Crippen LogP contribution in [0.25, 0.3) is 0 Å². The highest BCUT2D eigenvalue weighted by Crippen LogP contribution is 2.32. The Kier molecular flexibility index (Phi) is 5.73. The van der Waals surface area contributed by atoms with E-state index in [2.05, 4.69) is 0 Å². The molecule has 0 radical (unpaired) electrons. The summed E-state index contributed by atoms with van der Waals surface area (Å²) in [6.45, 7) is 1.91. The maximum Gasteiger partial charge on any atom is 0.339 e. The molecule has 0 amide bonds. The molecule has 0 bridgehead atoms. The van der Waals surface area contributed by atoms with Crippen molar-refractivity contribution in [2.75, 3.05) is 6.61 Å². The van der Waals surface area contributed by atoms with Gasteiger partial charge in [0.2, 0.25) is 0 Å². The second-order valence-corrected chi connectivity index (χ2v) is 6.67. The lowest BCUT2D eigenvalue weighted by atomic mass is 10.2. The molecule has 0 fully saturated rings. The molecule has 0 aromatic heterocycles. The second kappa shape index (κ2) is 6.69. The molecular weight excluding hydrogens is 337 g/mol. The number of carbonyl (C=O) groups is 1. The Morgan fingerprint density at radius 1 is 1.40 bits per heavy atom. The summed E-state index contributed by atoms with van der Waals surface area (Å²) in [5, 5.41) is -0.805. The van der Waals surface area contributed by atoms with Crippen LogP contribution >= 0.6 is 22.3 Å². The third kappa shape index (κ3) is 3.80. The van der Waals surface area contributed by atoms with Gasteiger partial charge >= 0.3 is 5.97 Å². The molecule has 0 saturated carbocycles. The van der Waals surface area contributed by atoms with Crippen LogP contribution in [0.2, 0.25) is 5.02 Å². The molecule has 0 spiro atoms. The number of rotatable bonds is 5. The van der Waals surface area contributed by atoms with Crippen LogP contribution in [-0.2, 0) is 13.8 Å². The van der Waals surface area contributed by atoms with Crippen LogP contribution < -0.4 is 0 Å². The SMILES string of the molecule is CCCCOC(=O)c1cc(F)c(F)c(S(=O)(=O)Cl)c1Cl. The molecule has 0 aliphatic carbocycles. The van der Waals surface area contributed by atoms with Crippen molar-refractivity contribution in [3.8, 4) is 0 Å². The highest BCUT2D eigenvalue weighted by molar-refractivity contribution is 8.13. The Balaban J connectivity index is 3.30. The fraction of sp³-hybridized carbons (Fsp3) is 0.364. The van der Waals surface area contributed by atoms with Crippen LogP contribution in [0.3, 0.4) is 0 Å². The van der Waals surface area contributed by atoms with Crippen molar-refractivity contribution in [2.45, 2.75) is 24.7 Å². The zero-order valence-corrected chi connectivity index (χ0v) is 12.6. The summed E-state index contributed by atoms with van der Waals surface area (Å²) >= 11 is 5.61. The smallest absolute Gasteiger partial charge is 0.339 e. The van der Waals surface area contributed by atoms with Crippen molar-refractivity contribution in [3.05, 3.63) is 28.3 Å². The zero-order valence-electron chi connectivity index (χ0n) is 10.3. The van der Waals surface area contributed by atoms with Crippen molar-refractivity contribution in [2.24, 2.45) is 0 Å². The minimum atomic E-state index is -4.65. The predicted molar refractivity (Wildman–Crippen MR) is 69.6 cm³/mol. The van der Waals surface area contributed by atoms with Crippen LogP contribution in [-0.4, -0.2) is 21.0 Å². The highest BCUT2D eigenvalue weighted by Gasteiger charge is 2.29. The number of hydrogen-bond acceptors (Lipinski definition) is 4. The largest absolute Gasteiger partial charge is 0.462 e. The van der Waals surface area contributed by atoms with Gasteiger partial charge in [0, 0.05) is 10.7 Å². The summed E-state index contributed by atoms with van der Waals surface area (Å²) in [5.41, 5.74) is -0.596. The first-order valence-electron chi connectivity index (χ1n) is 5.49. The number of carbonyl (C=O) groups excluding carboxylic acids is 1. The number of benzene rings is 1. The maximum atomic E-state index is 13.4. The summed E-state index contributed by atoms with van der Waals surface area (Å²) in [4.78, 5) is 10.4. The van der Waals surface area contributed by atoms with Crippen molar-refractivity contribution in [3.63, 3.8) is 0 Å². The van der Waals surface area contributed by atoms with E-state index in [4.69, 9.17) is 27.0 Å². The van der Waals surface area contributed by atoms with Crippen LogP contribution in [0, 0.1) is 11.6 Å². The van der Waals surface area contributed by atoms with Crippen LogP contribution in [0.4, 0.5) is 8.78 Å². The minimum absolute atomic E-state index is 0.0492. The molecule has 1 rings (SSSR count). The molecule has 0 aliphatic rings. The van der Waals surface area contributed by atoms with E-state index in [1.165, 1.54) is 0 Å². The summed E-state index contributed by atoms with van der Waals surface area (Å²) in [6.07, 6.45) is 1.31. The first-order valence-corrected chi connectivity index (χ1v) is 8.18. The van der Waals surface area contributed by atoms with Gasteiger partial charge in [0.1, 0.15) is 4.90 Å². The van der Waals surface area contributed by atoms with E-state index in [0.717, 1.165) is 6.42 Å². The van der Waals surface area contributed by atoms with Crippen LogP contribution in [0.15, 0.2) is 11.0 Å². The van der Waals surface area contributed by atoms with Gasteiger partial charge in [0.25, 0.3) is 9.05 Å². The Labute approximate surface area is 124 Å². The molecule has 112 valence electrons. The number of unbranched alkanes of at least 4 members (excludes halogenated alkanes) is 1. The average Bonchev–Trinajstić information content (AvgIpc) is 2.32. The Hall–Kier alpha value is -0.920. The van der Waals surface area contributed by atoms with E-state index in [0.29, 0.717) is 12.5 Å². The second-order valence-electron chi connectivity index (χ2n) is 3.79. The first kappa shape index (κ1) is 17.1. The van der Waals surface area contributed by atoms with E-state index in [1.54, 1.807) is 0 Å². The van der Waals surface area contributed by atoms with E-state index in [9.17, 15) is 22.0 Å². The molecule has 0 heterocycles. The van der Waals surface area contributed by atoms with Gasteiger partial charge in [-0.3, -0.25) is 0 Å². The molecule has 0 aliphatic heterocycles. The minimum Gasteiger partial charge on any atom is -0.462 e. The first-order chi connectivity index (χ1) is 9.20. The van der Waals surface area contributed by atoms with Gasteiger partial charge in [-0.25, -0.2) is 22.0 Å². The fourth-order valence-corrected chi connectivity index (χ4v) is 3.04. The fourth-order valence-electron chi connectivity index (χ4n) is 1.33. The van der Waals surface area contributed by atoms with Gasteiger partial charge in [-0.15, -0.1) is 0 Å². The number of hydrogen-bond donors (Lipinski definition) is 0. The average molecular weight is 347 g/mol. The number of ether oxygens (including phenoxy) is 1. The predicted octanol–water partition coefficient (Wildman–Crippen LogP) is 3.50. The standard InChI is InChI=1S/C11H10Cl2F2O4S/c1-2-3-4-19-11(16)6-5-7(14)9(15)10(8(6)12)20(13,17)18/h5H,2-4H2,1H3. The lowest BCUT2D eigenvalue weighted by molar-refractivity contribution is 0.0499. The van der Waals surface area contributed by atoms with E-state index in [-0.39, 0.29) is 6.61 Å². The molecule has 1 aromatic rings. The highest BCUT2D eigenvalue weighted by atomic mass is 35.7. The van der Waals surface area contributed by atoms with Gasteiger partial charge in [-0.05, 0) is 12.5 Å². The van der Waals surface area contributed by atoms with Gasteiger partial charge in [0.15, 0.2) is 11.6 Å². The van der Waals surface area contributed by atoms with Gasteiger partial charge in [-0.1, -0.05) is 24.9 Å². The molecule has 0 atom stereocenters. The molecule has 9 heteroatoms. The normalized spacial score (nSPS) is 11.4. The maximum absolute atomic E-state index is 13.4. The Morgan fingerprint density at radius 3 is 2.50 bits per heavy atom. The van der Waals surface area contributed by atoms with Crippen molar-refractivity contribution >= 4 is 37.3 Å². The molecular formula is C11H10Cl2F2O4S. The summed E-state index contributed by atoms with van der Waals surface area (Å²) in [5.74, 6) is -4.35.